The van der Waals surface area contributed by atoms with Gasteiger partial charge in [-0.15, -0.1) is 0 Å². The molecule has 0 fully saturated rings. The maximum Gasteiger partial charge on any atom is 0.323 e. The largest absolute Gasteiger partial charge is 0.323 e. The zero-order valence-electron chi connectivity index (χ0n) is 16.5. The van der Waals surface area contributed by atoms with E-state index in [0.29, 0.717) is 44.3 Å². The van der Waals surface area contributed by atoms with E-state index in [0.717, 1.165) is 11.1 Å². The quantitative estimate of drug-likeness (QED) is 0.367. The second-order valence-electron chi connectivity index (χ2n) is 7.12. The first-order valence-electron chi connectivity index (χ1n) is 9.49. The summed E-state index contributed by atoms with van der Waals surface area (Å²) in [7, 11) is 0. The van der Waals surface area contributed by atoms with Crippen LogP contribution >= 0.6 is 23.2 Å². The summed E-state index contributed by atoms with van der Waals surface area (Å²) >= 11 is 12.2. The van der Waals surface area contributed by atoms with Gasteiger partial charge < -0.3 is 10.6 Å². The van der Waals surface area contributed by atoms with Gasteiger partial charge in [0.15, 0.2) is 0 Å². The van der Waals surface area contributed by atoms with Crippen molar-refractivity contribution in [2.75, 3.05) is 10.6 Å². The summed E-state index contributed by atoms with van der Waals surface area (Å²) in [5.74, 6) is 0. The standard InChI is InChI=1S/C23H18Cl2N4O2/c1-13-2-6-16(7-3-13)26-23(31)27-17-8-9-18-19(12-17)22(30)29-28-21(18)10-14-4-5-15(24)11-20(14)25/h2-9,11-12H,10H2,1H3,(H,29,30)(H2,26,27,31). The number of H-pyrrole nitrogens is 1. The minimum atomic E-state index is -0.401. The van der Waals surface area contributed by atoms with E-state index in [1.165, 1.54) is 0 Å². The number of anilines is 2. The molecule has 3 aromatic carbocycles. The highest BCUT2D eigenvalue weighted by Gasteiger charge is 2.12. The van der Waals surface area contributed by atoms with Crippen molar-refractivity contribution in [3.8, 4) is 0 Å². The molecule has 0 unspecified atom stereocenters. The van der Waals surface area contributed by atoms with Crippen molar-refractivity contribution in [1.82, 2.24) is 10.2 Å². The normalized spacial score (nSPS) is 10.8. The maximum absolute atomic E-state index is 12.4. The van der Waals surface area contributed by atoms with Crippen molar-refractivity contribution < 1.29 is 4.79 Å². The third-order valence-corrected chi connectivity index (χ3v) is 5.39. The predicted molar refractivity (Wildman–Crippen MR) is 125 cm³/mol. The summed E-state index contributed by atoms with van der Waals surface area (Å²) in [4.78, 5) is 24.7. The second-order valence-corrected chi connectivity index (χ2v) is 7.96. The molecule has 1 heterocycles. The molecule has 8 heteroatoms. The van der Waals surface area contributed by atoms with Gasteiger partial charge in [0, 0.05) is 33.2 Å². The van der Waals surface area contributed by atoms with Gasteiger partial charge in [0.1, 0.15) is 0 Å². The Bertz CT molecular complexity index is 1330. The van der Waals surface area contributed by atoms with Gasteiger partial charge in [-0.2, -0.15) is 5.10 Å². The molecule has 31 heavy (non-hydrogen) atoms. The van der Waals surface area contributed by atoms with Crippen molar-refractivity contribution in [2.45, 2.75) is 13.3 Å². The summed E-state index contributed by atoms with van der Waals surface area (Å²) in [6.07, 6.45) is 0.421. The average molecular weight is 453 g/mol. The predicted octanol–water partition coefficient (Wildman–Crippen LogP) is 5.77. The number of urea groups is 1. The number of aromatic nitrogens is 2. The third kappa shape index (κ3) is 4.87. The topological polar surface area (TPSA) is 86.9 Å². The van der Waals surface area contributed by atoms with Crippen LogP contribution in [0.2, 0.25) is 10.0 Å². The molecule has 3 N–H and O–H groups in total. The van der Waals surface area contributed by atoms with Crippen LogP contribution in [0.4, 0.5) is 16.2 Å². The van der Waals surface area contributed by atoms with Crippen molar-refractivity contribution in [2.24, 2.45) is 0 Å². The second kappa shape index (κ2) is 8.79. The number of hydrogen-bond acceptors (Lipinski definition) is 3. The fourth-order valence-electron chi connectivity index (χ4n) is 3.21. The van der Waals surface area contributed by atoms with E-state index >= 15 is 0 Å². The van der Waals surface area contributed by atoms with E-state index in [2.05, 4.69) is 20.8 Å². The molecule has 4 aromatic rings. The molecule has 0 aliphatic rings. The Balaban J connectivity index is 1.58. The zero-order chi connectivity index (χ0) is 22.0. The molecule has 0 spiro atoms. The number of nitrogens with one attached hydrogen (secondary N) is 3. The molecular weight excluding hydrogens is 435 g/mol. The summed E-state index contributed by atoms with van der Waals surface area (Å²) < 4.78 is 0. The SMILES string of the molecule is Cc1ccc(NC(=O)Nc2ccc3c(Cc4ccc(Cl)cc4Cl)n[nH]c(=O)c3c2)cc1. The number of nitrogens with zero attached hydrogens (tertiary/aromatic N) is 1. The minimum absolute atomic E-state index is 0.344. The summed E-state index contributed by atoms with van der Waals surface area (Å²) in [5, 5.41) is 14.4. The molecular formula is C23H18Cl2N4O2. The highest BCUT2D eigenvalue weighted by atomic mass is 35.5. The average Bonchev–Trinajstić information content (AvgIpc) is 2.74. The maximum atomic E-state index is 12.4. The summed E-state index contributed by atoms with van der Waals surface area (Å²) in [6, 6.07) is 17.4. The van der Waals surface area contributed by atoms with E-state index < -0.39 is 6.03 Å². The van der Waals surface area contributed by atoms with Gasteiger partial charge in [-0.05, 0) is 48.9 Å². The van der Waals surface area contributed by atoms with Crippen molar-refractivity contribution in [3.63, 3.8) is 0 Å². The van der Waals surface area contributed by atoms with Gasteiger partial charge in [-0.25, -0.2) is 9.89 Å². The molecule has 1 aromatic heterocycles. The molecule has 0 aliphatic carbocycles. The van der Waals surface area contributed by atoms with Gasteiger partial charge in [0.25, 0.3) is 5.56 Å². The van der Waals surface area contributed by atoms with Crippen molar-refractivity contribution >= 4 is 51.4 Å². The fraction of sp³-hybridized carbons (Fsp3) is 0.0870. The van der Waals surface area contributed by atoms with Gasteiger partial charge in [-0.1, -0.05) is 53.0 Å². The van der Waals surface area contributed by atoms with Crippen LogP contribution in [0, 0.1) is 6.92 Å². The van der Waals surface area contributed by atoms with Gasteiger partial charge in [0.2, 0.25) is 0 Å². The van der Waals surface area contributed by atoms with Gasteiger partial charge in [-0.3, -0.25) is 4.79 Å². The lowest BCUT2D eigenvalue weighted by atomic mass is 10.0. The number of fused-ring (bicyclic) bond motifs is 1. The number of carbonyl (C=O) groups excluding carboxylic acids is 1. The Hall–Kier alpha value is -3.35. The van der Waals surface area contributed by atoms with Crippen LogP contribution in [-0.4, -0.2) is 16.2 Å². The van der Waals surface area contributed by atoms with Crippen molar-refractivity contribution in [1.29, 1.82) is 0 Å². The van der Waals surface area contributed by atoms with Crippen LogP contribution < -0.4 is 16.2 Å². The van der Waals surface area contributed by atoms with E-state index in [4.69, 9.17) is 23.2 Å². The van der Waals surface area contributed by atoms with Crippen LogP contribution in [0.5, 0.6) is 0 Å². The molecule has 6 nitrogen and oxygen atoms in total. The number of aryl methyl sites for hydroxylation is 1. The van der Waals surface area contributed by atoms with Crippen LogP contribution in [0.1, 0.15) is 16.8 Å². The van der Waals surface area contributed by atoms with Crippen LogP contribution in [-0.2, 0) is 6.42 Å². The van der Waals surface area contributed by atoms with E-state index in [-0.39, 0.29) is 5.56 Å². The van der Waals surface area contributed by atoms with Crippen LogP contribution in [0.25, 0.3) is 10.8 Å². The van der Waals surface area contributed by atoms with Gasteiger partial charge >= 0.3 is 6.03 Å². The van der Waals surface area contributed by atoms with Crippen LogP contribution in [0.15, 0.2) is 65.5 Å². The van der Waals surface area contributed by atoms with Gasteiger partial charge in [0.05, 0.1) is 11.1 Å². The first kappa shape index (κ1) is 20.9. The molecule has 0 bridgehead atoms. The monoisotopic (exact) mass is 452 g/mol. The number of amides is 2. The first-order valence-corrected chi connectivity index (χ1v) is 10.2. The van der Waals surface area contributed by atoms with Crippen LogP contribution in [0.3, 0.4) is 0 Å². The summed E-state index contributed by atoms with van der Waals surface area (Å²) in [5.41, 5.74) is 3.42. The number of aromatic amines is 1. The van der Waals surface area contributed by atoms with Crippen molar-refractivity contribution in [3.05, 3.63) is 97.9 Å². The number of benzene rings is 3. The Morgan fingerprint density at radius 3 is 2.39 bits per heavy atom. The molecule has 156 valence electrons. The molecule has 4 rings (SSSR count). The molecule has 0 saturated carbocycles. The highest BCUT2D eigenvalue weighted by Crippen LogP contribution is 2.26. The molecule has 0 atom stereocenters. The Labute approximate surface area is 188 Å². The van der Waals surface area contributed by atoms with E-state index in [1.807, 2.05) is 37.3 Å². The molecule has 0 saturated heterocycles. The summed E-state index contributed by atoms with van der Waals surface area (Å²) in [6.45, 7) is 1.97. The number of halogens is 2. The lowest BCUT2D eigenvalue weighted by molar-refractivity contribution is 0.262. The molecule has 0 aliphatic heterocycles. The smallest absolute Gasteiger partial charge is 0.308 e. The Morgan fingerprint density at radius 1 is 0.935 bits per heavy atom. The number of rotatable bonds is 4. The highest BCUT2D eigenvalue weighted by molar-refractivity contribution is 6.35. The van der Waals surface area contributed by atoms with E-state index in [9.17, 15) is 9.59 Å². The lowest BCUT2D eigenvalue weighted by Gasteiger charge is -2.10. The number of carbonyl (C=O) groups is 1. The minimum Gasteiger partial charge on any atom is -0.308 e. The number of hydrogen-bond donors (Lipinski definition) is 3. The third-order valence-electron chi connectivity index (χ3n) is 4.81. The molecule has 2 amide bonds. The fourth-order valence-corrected chi connectivity index (χ4v) is 3.69. The lowest BCUT2D eigenvalue weighted by Crippen LogP contribution is -2.19. The van der Waals surface area contributed by atoms with E-state index in [1.54, 1.807) is 30.3 Å². The Morgan fingerprint density at radius 2 is 1.65 bits per heavy atom. The Kier molecular flexibility index (Phi) is 5.93. The first-order chi connectivity index (χ1) is 14.9. The zero-order valence-corrected chi connectivity index (χ0v) is 18.0. The molecule has 0 radical (unpaired) electrons.